The van der Waals surface area contributed by atoms with Gasteiger partial charge in [0.2, 0.25) is 5.91 Å². The molecule has 13 nitrogen and oxygen atoms in total. The first-order chi connectivity index (χ1) is 28.8. The molecule has 1 aliphatic carbocycles. The number of amides is 1. The summed E-state index contributed by atoms with van der Waals surface area (Å²) >= 11 is 0. The Balaban J connectivity index is 2.45. The van der Waals surface area contributed by atoms with Gasteiger partial charge in [0, 0.05) is 0 Å². The number of hydrogen-bond donors (Lipinski definition) is 9. The van der Waals surface area contributed by atoms with E-state index in [4.69, 9.17) is 9.05 Å². The highest BCUT2D eigenvalue weighted by atomic mass is 31.2. The SMILES string of the molecule is CCCCCCCCC/C=C/C(O)C(COP(=O)(O)OC1C(O)C(O)C(O)C(O)C1O)NC(=O)CC(O)CCCCCCC/C=C\C/C=C\CCCCCCCCCCC. The van der Waals surface area contributed by atoms with Crippen LogP contribution in [0.5, 0.6) is 0 Å². The quantitative estimate of drug-likeness (QED) is 0.0165. The third-order valence-electron chi connectivity index (χ3n) is 11.2. The van der Waals surface area contributed by atoms with Crippen molar-refractivity contribution in [3.8, 4) is 0 Å². The molecule has 1 aliphatic rings. The zero-order valence-electron chi connectivity index (χ0n) is 37.1. The van der Waals surface area contributed by atoms with Crippen molar-refractivity contribution in [2.45, 2.75) is 242 Å². The molecule has 0 saturated heterocycles. The average Bonchev–Trinajstić information content (AvgIpc) is 3.22. The first-order valence-electron chi connectivity index (χ1n) is 23.5. The van der Waals surface area contributed by atoms with E-state index in [0.717, 1.165) is 64.2 Å². The number of carbonyl (C=O) groups is 1. The third-order valence-corrected chi connectivity index (χ3v) is 12.2. The van der Waals surface area contributed by atoms with Gasteiger partial charge in [0.25, 0.3) is 0 Å². The molecule has 8 atom stereocenters. The number of aliphatic hydroxyl groups excluding tert-OH is 7. The van der Waals surface area contributed by atoms with Crippen LogP contribution in [0, 0.1) is 0 Å². The summed E-state index contributed by atoms with van der Waals surface area (Å²) in [5.74, 6) is -0.604. The minimum atomic E-state index is -5.14. The molecule has 14 heteroatoms. The highest BCUT2D eigenvalue weighted by Gasteiger charge is 2.51. The molecule has 1 amide bonds. The van der Waals surface area contributed by atoms with E-state index >= 15 is 0 Å². The Morgan fingerprint density at radius 3 is 1.50 bits per heavy atom. The molecule has 0 bridgehead atoms. The topological polar surface area (TPSA) is 226 Å². The van der Waals surface area contributed by atoms with Gasteiger partial charge < -0.3 is 46.0 Å². The zero-order chi connectivity index (χ0) is 44.4. The fourth-order valence-corrected chi connectivity index (χ4v) is 8.30. The number of allylic oxidation sites excluding steroid dienone is 5. The van der Waals surface area contributed by atoms with Crippen LogP contribution in [0.4, 0.5) is 0 Å². The maximum absolute atomic E-state index is 13.0. The number of rotatable bonds is 38. The molecule has 0 aliphatic heterocycles. The van der Waals surface area contributed by atoms with Crippen molar-refractivity contribution in [1.29, 1.82) is 0 Å². The van der Waals surface area contributed by atoms with Gasteiger partial charge in [-0.15, -0.1) is 0 Å². The maximum atomic E-state index is 13.0. The van der Waals surface area contributed by atoms with E-state index in [1.54, 1.807) is 6.08 Å². The second-order valence-electron chi connectivity index (χ2n) is 16.8. The van der Waals surface area contributed by atoms with Crippen molar-refractivity contribution in [3.63, 3.8) is 0 Å². The molecule has 0 spiro atoms. The number of phosphoric acid groups is 1. The smallest absolute Gasteiger partial charge is 0.393 e. The van der Waals surface area contributed by atoms with Gasteiger partial charge in [0.05, 0.1) is 31.3 Å². The van der Waals surface area contributed by atoms with E-state index in [2.05, 4.69) is 43.5 Å². The fraction of sp³-hybridized carbons (Fsp3) is 0.848. The third kappa shape index (κ3) is 27.6. The Labute approximate surface area is 362 Å². The number of phosphoric ester groups is 1. The minimum absolute atomic E-state index is 0.255. The standard InChI is InChI=1S/C46H86NO12P/c1-3-5-7-9-11-13-14-15-16-17-18-19-20-21-22-23-24-26-27-29-31-33-37(48)35-40(50)47-38(39(49)34-32-30-28-25-12-10-8-6-4-2)36-58-60(56,57)59-46-44(54)42(52)41(51)43(53)45(46)55/h18-19,21-22,32,34,37-39,41-46,48-49,51-55H,3-17,20,23-31,33,35-36H2,1-2H3,(H,47,50)(H,56,57)/b19-18-,22-21-,34-32+. The normalized spacial score (nSPS) is 23.7. The van der Waals surface area contributed by atoms with Crippen LogP contribution in [0.3, 0.4) is 0 Å². The van der Waals surface area contributed by atoms with E-state index in [1.807, 2.05) is 0 Å². The van der Waals surface area contributed by atoms with Crippen molar-refractivity contribution in [2.75, 3.05) is 6.61 Å². The van der Waals surface area contributed by atoms with E-state index < -0.39 is 75.2 Å². The lowest BCUT2D eigenvalue weighted by Crippen LogP contribution is -2.64. The number of hydrogen-bond acceptors (Lipinski definition) is 11. The van der Waals surface area contributed by atoms with Gasteiger partial charge >= 0.3 is 7.82 Å². The minimum Gasteiger partial charge on any atom is -0.393 e. The zero-order valence-corrected chi connectivity index (χ0v) is 38.0. The Kier molecular flexibility index (Phi) is 33.8. The van der Waals surface area contributed by atoms with Gasteiger partial charge in [0.15, 0.2) is 0 Å². The summed E-state index contributed by atoms with van der Waals surface area (Å²) in [6.07, 6.45) is 26.9. The van der Waals surface area contributed by atoms with Crippen molar-refractivity contribution in [2.24, 2.45) is 0 Å². The molecule has 9 N–H and O–H groups in total. The first-order valence-corrected chi connectivity index (χ1v) is 25.0. The first kappa shape index (κ1) is 56.5. The van der Waals surface area contributed by atoms with Crippen LogP contribution < -0.4 is 5.32 Å². The second-order valence-corrected chi connectivity index (χ2v) is 18.2. The monoisotopic (exact) mass is 876 g/mol. The van der Waals surface area contributed by atoms with Gasteiger partial charge in [-0.3, -0.25) is 13.8 Å². The molecule has 0 aromatic heterocycles. The fourth-order valence-electron chi connectivity index (χ4n) is 7.33. The predicted octanol–water partition coefficient (Wildman–Crippen LogP) is 7.75. The molecular formula is C46H86NO12P. The highest BCUT2D eigenvalue weighted by molar-refractivity contribution is 7.47. The molecule has 0 aromatic rings. The summed E-state index contributed by atoms with van der Waals surface area (Å²) < 4.78 is 22.8. The largest absolute Gasteiger partial charge is 0.472 e. The van der Waals surface area contributed by atoms with Crippen LogP contribution in [0.1, 0.15) is 187 Å². The number of nitrogens with one attached hydrogen (secondary N) is 1. The van der Waals surface area contributed by atoms with Crippen LogP contribution in [-0.4, -0.2) is 108 Å². The molecule has 60 heavy (non-hydrogen) atoms. The molecule has 0 aromatic carbocycles. The number of carbonyl (C=O) groups excluding carboxylic acids is 1. The Morgan fingerprint density at radius 1 is 0.600 bits per heavy atom. The van der Waals surface area contributed by atoms with Crippen LogP contribution in [0.2, 0.25) is 0 Å². The lowest BCUT2D eigenvalue weighted by atomic mass is 9.85. The van der Waals surface area contributed by atoms with Crippen LogP contribution in [0.25, 0.3) is 0 Å². The average molecular weight is 876 g/mol. The second kappa shape index (κ2) is 35.9. The van der Waals surface area contributed by atoms with Crippen molar-refractivity contribution < 1.29 is 59.0 Å². The lowest BCUT2D eigenvalue weighted by Gasteiger charge is -2.41. The number of aliphatic hydroxyl groups is 7. The molecule has 0 heterocycles. The van der Waals surface area contributed by atoms with Gasteiger partial charge in [-0.2, -0.15) is 0 Å². The lowest BCUT2D eigenvalue weighted by molar-refractivity contribution is -0.220. The van der Waals surface area contributed by atoms with E-state index in [1.165, 1.54) is 96.0 Å². The van der Waals surface area contributed by atoms with Crippen LogP contribution in [0.15, 0.2) is 36.5 Å². The molecule has 352 valence electrons. The summed E-state index contributed by atoms with van der Waals surface area (Å²) in [5, 5.41) is 74.2. The van der Waals surface area contributed by atoms with Gasteiger partial charge in [0.1, 0.15) is 36.6 Å². The molecule has 0 radical (unpaired) electrons. The maximum Gasteiger partial charge on any atom is 0.472 e. The molecule has 8 unspecified atom stereocenters. The summed E-state index contributed by atoms with van der Waals surface area (Å²) in [4.78, 5) is 23.4. The summed E-state index contributed by atoms with van der Waals surface area (Å²) in [5.41, 5.74) is 0. The molecule has 1 saturated carbocycles. The van der Waals surface area contributed by atoms with Crippen molar-refractivity contribution >= 4 is 13.7 Å². The predicted molar refractivity (Wildman–Crippen MR) is 238 cm³/mol. The van der Waals surface area contributed by atoms with Crippen LogP contribution >= 0.6 is 7.82 Å². The van der Waals surface area contributed by atoms with Gasteiger partial charge in [-0.05, 0) is 51.4 Å². The Bertz CT molecular complexity index is 1170. The van der Waals surface area contributed by atoms with Crippen molar-refractivity contribution in [3.05, 3.63) is 36.5 Å². The van der Waals surface area contributed by atoms with Gasteiger partial charge in [-0.1, -0.05) is 166 Å². The Hall–Kier alpha value is -1.48. The van der Waals surface area contributed by atoms with Crippen LogP contribution in [-0.2, 0) is 18.4 Å². The van der Waals surface area contributed by atoms with E-state index in [9.17, 15) is 50.0 Å². The summed E-state index contributed by atoms with van der Waals surface area (Å²) in [7, 11) is -5.14. The summed E-state index contributed by atoms with van der Waals surface area (Å²) in [6, 6.07) is -1.24. The molecule has 1 rings (SSSR count). The molecular weight excluding hydrogens is 789 g/mol. The van der Waals surface area contributed by atoms with Gasteiger partial charge in [-0.25, -0.2) is 4.57 Å². The Morgan fingerprint density at radius 2 is 1.02 bits per heavy atom. The molecule has 1 fully saturated rings. The highest BCUT2D eigenvalue weighted by Crippen LogP contribution is 2.47. The summed E-state index contributed by atoms with van der Waals surface area (Å²) in [6.45, 7) is 3.69. The van der Waals surface area contributed by atoms with E-state index in [-0.39, 0.29) is 6.42 Å². The number of unbranched alkanes of at least 4 members (excludes halogenated alkanes) is 21. The van der Waals surface area contributed by atoms with Crippen molar-refractivity contribution in [1.82, 2.24) is 5.32 Å². The van der Waals surface area contributed by atoms with E-state index in [0.29, 0.717) is 12.8 Å².